The van der Waals surface area contributed by atoms with E-state index in [0.717, 1.165) is 21.5 Å². The Morgan fingerprint density at radius 2 is 2.10 bits per heavy atom. The molecule has 0 amide bonds. The third kappa shape index (κ3) is 2.68. The molecule has 0 saturated carbocycles. The average Bonchev–Trinajstić information content (AvgIpc) is 2.96. The van der Waals surface area contributed by atoms with Gasteiger partial charge in [0.15, 0.2) is 11.6 Å². The summed E-state index contributed by atoms with van der Waals surface area (Å²) in [7, 11) is 0. The van der Waals surface area contributed by atoms with Crippen molar-refractivity contribution in [2.75, 3.05) is 5.43 Å². The molecule has 0 unspecified atom stereocenters. The second kappa shape index (κ2) is 5.67. The highest BCUT2D eigenvalue weighted by atomic mass is 32.1. The van der Waals surface area contributed by atoms with E-state index < -0.39 is 0 Å². The number of nitrogens with one attached hydrogen (secondary N) is 1. The molecule has 0 aliphatic heterocycles. The number of aromatic nitrogens is 2. The SMILES string of the molecule is Cc1cccc(OCc2nc(NN)c3ccsc3n2)c1C. The Kier molecular flexibility index (Phi) is 3.72. The van der Waals surface area contributed by atoms with Crippen LogP contribution in [0.2, 0.25) is 0 Å². The molecule has 2 aromatic heterocycles. The van der Waals surface area contributed by atoms with Gasteiger partial charge in [0.1, 0.15) is 17.2 Å². The van der Waals surface area contributed by atoms with Crippen molar-refractivity contribution in [2.45, 2.75) is 20.5 Å². The first-order valence-electron chi connectivity index (χ1n) is 6.59. The molecule has 0 aliphatic carbocycles. The Labute approximate surface area is 126 Å². The highest BCUT2D eigenvalue weighted by Gasteiger charge is 2.09. The first-order chi connectivity index (χ1) is 10.2. The predicted octanol–water partition coefficient (Wildman–Crippen LogP) is 3.17. The first kappa shape index (κ1) is 13.8. The number of nitrogens with two attached hydrogens (primary N) is 1. The first-order valence-corrected chi connectivity index (χ1v) is 7.46. The molecule has 6 heteroatoms. The molecular weight excluding hydrogens is 284 g/mol. The van der Waals surface area contributed by atoms with Gasteiger partial charge in [0, 0.05) is 0 Å². The van der Waals surface area contributed by atoms with Gasteiger partial charge in [-0.2, -0.15) is 0 Å². The average molecular weight is 300 g/mol. The minimum Gasteiger partial charge on any atom is -0.485 e. The Balaban J connectivity index is 1.86. The van der Waals surface area contributed by atoms with E-state index in [1.807, 2.05) is 30.5 Å². The molecule has 0 saturated heterocycles. The zero-order valence-electron chi connectivity index (χ0n) is 11.9. The molecule has 0 atom stereocenters. The fourth-order valence-corrected chi connectivity index (χ4v) is 2.88. The predicted molar refractivity (Wildman–Crippen MR) is 85.5 cm³/mol. The molecule has 0 bridgehead atoms. The van der Waals surface area contributed by atoms with Crippen LogP contribution in [0.25, 0.3) is 10.2 Å². The number of nitrogens with zero attached hydrogens (tertiary/aromatic N) is 2. The monoisotopic (exact) mass is 300 g/mol. The van der Waals surface area contributed by atoms with Gasteiger partial charge < -0.3 is 10.2 Å². The Morgan fingerprint density at radius 3 is 2.90 bits per heavy atom. The van der Waals surface area contributed by atoms with Crippen molar-refractivity contribution in [2.24, 2.45) is 5.84 Å². The molecule has 108 valence electrons. The number of benzene rings is 1. The molecule has 5 nitrogen and oxygen atoms in total. The van der Waals surface area contributed by atoms with Gasteiger partial charge in [-0.25, -0.2) is 15.8 Å². The summed E-state index contributed by atoms with van der Waals surface area (Å²) in [4.78, 5) is 9.79. The minimum atomic E-state index is 0.312. The summed E-state index contributed by atoms with van der Waals surface area (Å²) in [5.74, 6) is 7.61. The van der Waals surface area contributed by atoms with Crippen molar-refractivity contribution in [3.63, 3.8) is 0 Å². The summed E-state index contributed by atoms with van der Waals surface area (Å²) in [5.41, 5.74) is 4.95. The van der Waals surface area contributed by atoms with Crippen molar-refractivity contribution in [1.82, 2.24) is 9.97 Å². The normalized spacial score (nSPS) is 10.8. The van der Waals surface area contributed by atoms with Gasteiger partial charge in [-0.3, -0.25) is 0 Å². The van der Waals surface area contributed by atoms with Gasteiger partial charge in [-0.1, -0.05) is 12.1 Å². The molecule has 3 N–H and O–H groups in total. The number of hydrazine groups is 1. The quantitative estimate of drug-likeness (QED) is 0.572. The van der Waals surface area contributed by atoms with Crippen LogP contribution in [0.4, 0.5) is 5.82 Å². The van der Waals surface area contributed by atoms with Crippen molar-refractivity contribution >= 4 is 27.4 Å². The van der Waals surface area contributed by atoms with Crippen LogP contribution in [-0.2, 0) is 6.61 Å². The fraction of sp³-hybridized carbons (Fsp3) is 0.200. The Bertz CT molecular complexity index is 784. The summed E-state index contributed by atoms with van der Waals surface area (Å²) in [6.45, 7) is 4.42. The Morgan fingerprint density at radius 1 is 1.24 bits per heavy atom. The minimum absolute atomic E-state index is 0.312. The zero-order chi connectivity index (χ0) is 14.8. The van der Waals surface area contributed by atoms with Crippen molar-refractivity contribution in [3.05, 3.63) is 46.6 Å². The molecule has 3 rings (SSSR count). The highest BCUT2D eigenvalue weighted by molar-refractivity contribution is 7.16. The maximum Gasteiger partial charge on any atom is 0.169 e. The zero-order valence-corrected chi connectivity index (χ0v) is 12.7. The summed E-state index contributed by atoms with van der Waals surface area (Å²) >= 11 is 1.56. The summed E-state index contributed by atoms with van der Waals surface area (Å²) in [5, 5.41) is 2.90. The fourth-order valence-electron chi connectivity index (χ4n) is 2.10. The number of thiophene rings is 1. The lowest BCUT2D eigenvalue weighted by molar-refractivity contribution is 0.294. The largest absolute Gasteiger partial charge is 0.485 e. The standard InChI is InChI=1S/C15H16N4OS/c1-9-4-3-5-12(10(9)2)20-8-13-17-14(19-16)11-6-7-21-15(11)18-13/h3-7H,8,16H2,1-2H3,(H,17,18,19). The van der Waals surface area contributed by atoms with Crippen molar-refractivity contribution in [1.29, 1.82) is 0 Å². The molecule has 0 radical (unpaired) electrons. The van der Waals surface area contributed by atoms with Crippen LogP contribution < -0.4 is 16.0 Å². The Hall–Kier alpha value is -2.18. The smallest absolute Gasteiger partial charge is 0.169 e. The van der Waals surface area contributed by atoms with Gasteiger partial charge >= 0.3 is 0 Å². The molecule has 0 fully saturated rings. The number of aryl methyl sites for hydroxylation is 1. The van der Waals surface area contributed by atoms with Crippen LogP contribution in [0.3, 0.4) is 0 Å². The van der Waals surface area contributed by atoms with Crippen LogP contribution in [0, 0.1) is 13.8 Å². The van der Waals surface area contributed by atoms with Crippen LogP contribution in [-0.4, -0.2) is 9.97 Å². The lowest BCUT2D eigenvalue weighted by Gasteiger charge is -2.11. The number of anilines is 1. The van der Waals surface area contributed by atoms with E-state index in [4.69, 9.17) is 10.6 Å². The van der Waals surface area contributed by atoms with Gasteiger partial charge in [0.25, 0.3) is 0 Å². The van der Waals surface area contributed by atoms with E-state index >= 15 is 0 Å². The maximum absolute atomic E-state index is 5.84. The van der Waals surface area contributed by atoms with Crippen molar-refractivity contribution < 1.29 is 4.74 Å². The number of ether oxygens (including phenoxy) is 1. The lowest BCUT2D eigenvalue weighted by Crippen LogP contribution is -2.11. The third-order valence-corrected chi connectivity index (χ3v) is 4.23. The molecule has 0 spiro atoms. The van der Waals surface area contributed by atoms with Crippen LogP contribution in [0.5, 0.6) is 5.75 Å². The van der Waals surface area contributed by atoms with Crippen LogP contribution in [0.15, 0.2) is 29.6 Å². The number of hydrogen-bond donors (Lipinski definition) is 2. The van der Waals surface area contributed by atoms with Gasteiger partial charge in [0.05, 0.1) is 5.39 Å². The molecule has 0 aliphatic rings. The van der Waals surface area contributed by atoms with E-state index in [9.17, 15) is 0 Å². The van der Waals surface area contributed by atoms with Crippen LogP contribution >= 0.6 is 11.3 Å². The maximum atomic E-state index is 5.84. The molecular formula is C15H16N4OS. The number of rotatable bonds is 4. The lowest BCUT2D eigenvalue weighted by atomic mass is 10.1. The van der Waals surface area contributed by atoms with Gasteiger partial charge in [-0.15, -0.1) is 11.3 Å². The summed E-state index contributed by atoms with van der Waals surface area (Å²) in [6.07, 6.45) is 0. The van der Waals surface area contributed by atoms with Crippen LogP contribution in [0.1, 0.15) is 17.0 Å². The van der Waals surface area contributed by atoms with E-state index in [-0.39, 0.29) is 0 Å². The topological polar surface area (TPSA) is 73.1 Å². The third-order valence-electron chi connectivity index (χ3n) is 3.42. The summed E-state index contributed by atoms with van der Waals surface area (Å²) in [6, 6.07) is 7.94. The molecule has 21 heavy (non-hydrogen) atoms. The van der Waals surface area contributed by atoms with Crippen molar-refractivity contribution in [3.8, 4) is 5.75 Å². The second-order valence-corrected chi connectivity index (χ2v) is 5.65. The van der Waals surface area contributed by atoms with E-state index in [0.29, 0.717) is 18.2 Å². The highest BCUT2D eigenvalue weighted by Crippen LogP contribution is 2.25. The number of hydrogen-bond acceptors (Lipinski definition) is 6. The summed E-state index contributed by atoms with van der Waals surface area (Å²) < 4.78 is 5.84. The molecule has 2 heterocycles. The van der Waals surface area contributed by atoms with Gasteiger partial charge in [0.2, 0.25) is 0 Å². The number of fused-ring (bicyclic) bond motifs is 1. The second-order valence-electron chi connectivity index (χ2n) is 4.76. The molecule has 1 aromatic carbocycles. The van der Waals surface area contributed by atoms with E-state index in [1.165, 1.54) is 5.56 Å². The number of nitrogen functional groups attached to an aromatic ring is 1. The van der Waals surface area contributed by atoms with Gasteiger partial charge in [-0.05, 0) is 42.5 Å². The van der Waals surface area contributed by atoms with E-state index in [2.05, 4.69) is 28.4 Å². The van der Waals surface area contributed by atoms with E-state index in [1.54, 1.807) is 11.3 Å². The molecule has 3 aromatic rings.